The highest BCUT2D eigenvalue weighted by Crippen LogP contribution is 2.13. The van der Waals surface area contributed by atoms with Crippen LogP contribution >= 0.6 is 0 Å². The molecule has 1 heterocycles. The molecule has 21 heavy (non-hydrogen) atoms. The van der Waals surface area contributed by atoms with Crippen LogP contribution in [0.2, 0.25) is 0 Å². The van der Waals surface area contributed by atoms with Crippen LogP contribution in [-0.2, 0) is 0 Å². The van der Waals surface area contributed by atoms with Crippen LogP contribution in [-0.4, -0.2) is 56.1 Å². The number of aryl methyl sites for hydroxylation is 1. The zero-order valence-electron chi connectivity index (χ0n) is 13.9. The average Bonchev–Trinajstić information content (AvgIpc) is 2.68. The highest BCUT2D eigenvalue weighted by Gasteiger charge is 2.11. The third-order valence-corrected chi connectivity index (χ3v) is 4.46. The first-order valence-corrected chi connectivity index (χ1v) is 8.36. The van der Waals surface area contributed by atoms with E-state index in [0.29, 0.717) is 6.04 Å². The summed E-state index contributed by atoms with van der Waals surface area (Å²) < 4.78 is 0. The molecular weight excluding hydrogens is 258 g/mol. The fourth-order valence-corrected chi connectivity index (χ4v) is 3.00. The van der Waals surface area contributed by atoms with E-state index in [1.54, 1.807) is 0 Å². The van der Waals surface area contributed by atoms with Crippen LogP contribution in [0.3, 0.4) is 0 Å². The van der Waals surface area contributed by atoms with Crippen LogP contribution in [0.5, 0.6) is 0 Å². The molecule has 0 amide bonds. The van der Waals surface area contributed by atoms with Crippen molar-refractivity contribution in [3.63, 3.8) is 0 Å². The molecule has 1 aliphatic heterocycles. The first kappa shape index (κ1) is 16.5. The van der Waals surface area contributed by atoms with Crippen molar-refractivity contribution in [2.24, 2.45) is 0 Å². The van der Waals surface area contributed by atoms with Gasteiger partial charge in [0.25, 0.3) is 0 Å². The number of benzene rings is 1. The normalized spacial score (nSPS) is 19.4. The quantitative estimate of drug-likeness (QED) is 0.812. The van der Waals surface area contributed by atoms with Crippen LogP contribution in [0.1, 0.15) is 36.9 Å². The molecule has 0 unspecified atom stereocenters. The van der Waals surface area contributed by atoms with E-state index in [2.05, 4.69) is 60.3 Å². The molecule has 1 atom stereocenters. The van der Waals surface area contributed by atoms with Crippen molar-refractivity contribution >= 4 is 0 Å². The number of nitrogens with one attached hydrogen (secondary N) is 1. The largest absolute Gasteiger partial charge is 0.310 e. The van der Waals surface area contributed by atoms with E-state index >= 15 is 0 Å². The second-order valence-corrected chi connectivity index (χ2v) is 6.44. The Morgan fingerprint density at radius 2 is 2.05 bits per heavy atom. The minimum atomic E-state index is 0.445. The monoisotopic (exact) mass is 289 g/mol. The van der Waals surface area contributed by atoms with Crippen molar-refractivity contribution in [1.29, 1.82) is 0 Å². The molecule has 0 radical (unpaired) electrons. The Kier molecular flexibility index (Phi) is 6.68. The molecule has 0 saturated carbocycles. The van der Waals surface area contributed by atoms with Gasteiger partial charge in [0.2, 0.25) is 0 Å². The molecule has 3 heteroatoms. The lowest BCUT2D eigenvalue weighted by Crippen LogP contribution is -2.31. The van der Waals surface area contributed by atoms with E-state index in [-0.39, 0.29) is 0 Å². The van der Waals surface area contributed by atoms with Crippen LogP contribution in [0.25, 0.3) is 0 Å². The van der Waals surface area contributed by atoms with Gasteiger partial charge in [-0.2, -0.15) is 0 Å². The molecule has 1 aromatic carbocycles. The highest BCUT2D eigenvalue weighted by molar-refractivity contribution is 5.24. The van der Waals surface area contributed by atoms with Crippen LogP contribution in [0.4, 0.5) is 0 Å². The van der Waals surface area contributed by atoms with E-state index in [4.69, 9.17) is 0 Å². The molecule has 118 valence electrons. The SMILES string of the molecule is Cc1cccc([C@@H](C)NCCCN2CCCN(C)CC2)c1. The van der Waals surface area contributed by atoms with Crippen molar-refractivity contribution < 1.29 is 0 Å². The molecule has 0 spiro atoms. The van der Waals surface area contributed by atoms with Crippen LogP contribution in [0, 0.1) is 6.92 Å². The van der Waals surface area contributed by atoms with Gasteiger partial charge in [-0.25, -0.2) is 0 Å². The van der Waals surface area contributed by atoms with Gasteiger partial charge in [0.1, 0.15) is 0 Å². The smallest absolute Gasteiger partial charge is 0.0291 e. The zero-order chi connectivity index (χ0) is 15.1. The van der Waals surface area contributed by atoms with E-state index in [0.717, 1.165) is 6.54 Å². The number of likely N-dealkylation sites (N-methyl/N-ethyl adjacent to an activating group) is 1. The van der Waals surface area contributed by atoms with Gasteiger partial charge in [0, 0.05) is 19.1 Å². The summed E-state index contributed by atoms with van der Waals surface area (Å²) in [7, 11) is 2.23. The molecule has 3 nitrogen and oxygen atoms in total. The third-order valence-electron chi connectivity index (χ3n) is 4.46. The van der Waals surface area contributed by atoms with E-state index in [9.17, 15) is 0 Å². The van der Waals surface area contributed by atoms with Gasteiger partial charge in [-0.05, 0) is 65.5 Å². The molecule has 0 aliphatic carbocycles. The van der Waals surface area contributed by atoms with Crippen molar-refractivity contribution in [1.82, 2.24) is 15.1 Å². The molecule has 1 fully saturated rings. The standard InChI is InChI=1S/C18H31N3/c1-16-7-4-8-18(15-16)17(2)19-9-5-11-21-12-6-10-20(3)13-14-21/h4,7-8,15,17,19H,5-6,9-14H2,1-3H3/t17-/m1/s1. The molecule has 1 N–H and O–H groups in total. The van der Waals surface area contributed by atoms with Gasteiger partial charge >= 0.3 is 0 Å². The second-order valence-electron chi connectivity index (χ2n) is 6.44. The molecule has 1 saturated heterocycles. The van der Waals surface area contributed by atoms with Crippen molar-refractivity contribution in [2.75, 3.05) is 46.3 Å². The summed E-state index contributed by atoms with van der Waals surface area (Å²) in [5.74, 6) is 0. The molecule has 0 bridgehead atoms. The van der Waals surface area contributed by atoms with Crippen LogP contribution < -0.4 is 5.32 Å². The zero-order valence-corrected chi connectivity index (χ0v) is 13.9. The number of rotatable bonds is 6. The van der Waals surface area contributed by atoms with Gasteiger partial charge in [0.05, 0.1) is 0 Å². The fourth-order valence-electron chi connectivity index (χ4n) is 3.00. The summed E-state index contributed by atoms with van der Waals surface area (Å²) in [6.45, 7) is 11.7. The number of hydrogen-bond acceptors (Lipinski definition) is 3. The number of nitrogens with zero attached hydrogens (tertiary/aromatic N) is 2. The molecular formula is C18H31N3. The van der Waals surface area contributed by atoms with E-state index in [1.165, 1.54) is 56.7 Å². The lowest BCUT2D eigenvalue weighted by molar-refractivity contribution is 0.271. The van der Waals surface area contributed by atoms with Gasteiger partial charge < -0.3 is 15.1 Å². The molecule has 2 rings (SSSR count). The van der Waals surface area contributed by atoms with E-state index in [1.807, 2.05) is 0 Å². The minimum absolute atomic E-state index is 0.445. The van der Waals surface area contributed by atoms with Gasteiger partial charge in [-0.3, -0.25) is 0 Å². The highest BCUT2D eigenvalue weighted by atomic mass is 15.2. The van der Waals surface area contributed by atoms with Crippen LogP contribution in [0.15, 0.2) is 24.3 Å². The Bertz CT molecular complexity index is 419. The summed E-state index contributed by atoms with van der Waals surface area (Å²) in [5, 5.41) is 3.65. The van der Waals surface area contributed by atoms with Crippen molar-refractivity contribution in [2.45, 2.75) is 32.7 Å². The van der Waals surface area contributed by atoms with Crippen molar-refractivity contribution in [3.05, 3.63) is 35.4 Å². The lowest BCUT2D eigenvalue weighted by Gasteiger charge is -2.21. The first-order chi connectivity index (χ1) is 10.1. The Labute approximate surface area is 130 Å². The molecule has 1 aliphatic rings. The van der Waals surface area contributed by atoms with E-state index < -0.39 is 0 Å². The molecule has 1 aromatic rings. The first-order valence-electron chi connectivity index (χ1n) is 8.36. The predicted octanol–water partition coefficient (Wildman–Crippen LogP) is 2.67. The van der Waals surface area contributed by atoms with Gasteiger partial charge in [-0.1, -0.05) is 29.8 Å². The maximum absolute atomic E-state index is 3.65. The van der Waals surface area contributed by atoms with Gasteiger partial charge in [0.15, 0.2) is 0 Å². The third kappa shape index (κ3) is 5.77. The number of hydrogen-bond donors (Lipinski definition) is 1. The topological polar surface area (TPSA) is 18.5 Å². The fraction of sp³-hybridized carbons (Fsp3) is 0.667. The lowest BCUT2D eigenvalue weighted by atomic mass is 10.1. The van der Waals surface area contributed by atoms with Crippen molar-refractivity contribution in [3.8, 4) is 0 Å². The maximum Gasteiger partial charge on any atom is 0.0291 e. The predicted molar refractivity (Wildman–Crippen MR) is 90.8 cm³/mol. The maximum atomic E-state index is 3.65. The summed E-state index contributed by atoms with van der Waals surface area (Å²) in [4.78, 5) is 5.06. The Morgan fingerprint density at radius 1 is 1.19 bits per heavy atom. The Hall–Kier alpha value is -0.900. The Balaban J connectivity index is 1.65. The second kappa shape index (κ2) is 8.52. The average molecular weight is 289 g/mol. The summed E-state index contributed by atoms with van der Waals surface area (Å²) in [6, 6.07) is 9.25. The minimum Gasteiger partial charge on any atom is -0.310 e. The summed E-state index contributed by atoms with van der Waals surface area (Å²) in [5.41, 5.74) is 2.74. The molecule has 0 aromatic heterocycles. The Morgan fingerprint density at radius 3 is 2.86 bits per heavy atom. The summed E-state index contributed by atoms with van der Waals surface area (Å²) in [6.07, 6.45) is 2.55. The summed E-state index contributed by atoms with van der Waals surface area (Å²) >= 11 is 0. The van der Waals surface area contributed by atoms with Gasteiger partial charge in [-0.15, -0.1) is 0 Å².